The quantitative estimate of drug-likeness (QED) is 0.330. The Hall–Kier alpha value is -1.06. The first-order valence-corrected chi connectivity index (χ1v) is 6.10. The summed E-state index contributed by atoms with van der Waals surface area (Å²) in [6.07, 6.45) is 0. The number of thiol groups is 1. The smallest absolute Gasteiger partial charge is 0.385 e. The van der Waals surface area contributed by atoms with Crippen LogP contribution in [0.25, 0.3) is 0 Å². The van der Waals surface area contributed by atoms with Gasteiger partial charge in [-0.05, 0) is 0 Å². The van der Waals surface area contributed by atoms with Crippen molar-refractivity contribution >= 4 is 29.2 Å². The van der Waals surface area contributed by atoms with Gasteiger partial charge in [0.15, 0.2) is 0 Å². The molecule has 2 aromatic carbocycles. The number of nitrogens with two attached hydrogens (primary N) is 1. The first kappa shape index (κ1) is 20.3. The van der Waals surface area contributed by atoms with Crippen LogP contribution in [0, 0.1) is 13.8 Å². The second-order valence-corrected chi connectivity index (χ2v) is 4.53. The van der Waals surface area contributed by atoms with E-state index >= 15 is 0 Å². The molecule has 2 aromatic rings. The van der Waals surface area contributed by atoms with Gasteiger partial charge in [-0.2, -0.15) is 49.2 Å². The summed E-state index contributed by atoms with van der Waals surface area (Å²) in [7, 11) is 0. The fourth-order valence-electron chi connectivity index (χ4n) is 0.956. The molecule has 0 unspecified atom stereocenters. The molecule has 0 fully saturated rings. The van der Waals surface area contributed by atoms with Crippen LogP contribution < -0.4 is 5.73 Å². The molecular formula is C15H17CuNS2. The molecule has 0 bridgehead atoms. The van der Waals surface area contributed by atoms with Crippen LogP contribution in [-0.2, 0) is 17.1 Å². The molecule has 0 aliphatic carbocycles. The summed E-state index contributed by atoms with van der Waals surface area (Å²) in [6.45, 7) is 7.44. The van der Waals surface area contributed by atoms with Crippen molar-refractivity contribution in [1.29, 1.82) is 0 Å². The molecule has 0 saturated carbocycles. The van der Waals surface area contributed by atoms with Gasteiger partial charge in [0.05, 0.1) is 0 Å². The van der Waals surface area contributed by atoms with Gasteiger partial charge >= 0.3 is 17.1 Å². The fourth-order valence-corrected chi connectivity index (χ4v) is 0.956. The number of hydrogen-bond donors (Lipinski definition) is 2. The minimum absolute atomic E-state index is 0. The Labute approximate surface area is 137 Å². The summed E-state index contributed by atoms with van der Waals surface area (Å²) in [5.41, 5.74) is 6.85. The van der Waals surface area contributed by atoms with Crippen molar-refractivity contribution in [3.8, 4) is 0 Å². The Morgan fingerprint density at radius 1 is 0.842 bits per heavy atom. The molecule has 0 saturated heterocycles. The monoisotopic (exact) mass is 338 g/mol. The molecule has 0 amide bonds. The number of benzene rings is 2. The molecule has 0 spiro atoms. The van der Waals surface area contributed by atoms with E-state index in [0.717, 1.165) is 11.1 Å². The third-order valence-corrected chi connectivity index (χ3v) is 1.69. The zero-order chi connectivity index (χ0) is 13.8. The van der Waals surface area contributed by atoms with Gasteiger partial charge in [-0.1, -0.05) is 24.4 Å². The van der Waals surface area contributed by atoms with Crippen LogP contribution in [0.15, 0.2) is 60.7 Å². The first-order valence-electron chi connectivity index (χ1n) is 5.24. The molecule has 0 aliphatic heterocycles. The predicted octanol–water partition coefficient (Wildman–Crippen LogP) is 3.89. The molecule has 0 atom stereocenters. The van der Waals surface area contributed by atoms with Gasteiger partial charge in [0, 0.05) is 0 Å². The van der Waals surface area contributed by atoms with Crippen molar-refractivity contribution in [2.75, 3.05) is 0 Å². The second kappa shape index (κ2) is 13.4. The maximum atomic E-state index is 4.71. The summed E-state index contributed by atoms with van der Waals surface area (Å²) < 4.78 is 0.194. The second-order valence-electron chi connectivity index (χ2n) is 3.31. The molecule has 0 heterocycles. The van der Waals surface area contributed by atoms with Crippen LogP contribution in [0.5, 0.6) is 0 Å². The zero-order valence-electron chi connectivity index (χ0n) is 10.4. The van der Waals surface area contributed by atoms with Gasteiger partial charge in [0.25, 0.3) is 0 Å². The van der Waals surface area contributed by atoms with Gasteiger partial charge in [-0.3, -0.25) is 0 Å². The Morgan fingerprint density at radius 3 is 1.16 bits per heavy atom. The maximum Gasteiger partial charge on any atom is 2.00 e. The van der Waals surface area contributed by atoms with Gasteiger partial charge in [-0.15, -0.1) is 36.9 Å². The molecule has 1 radical (unpaired) electrons. The van der Waals surface area contributed by atoms with E-state index in [-0.39, 0.29) is 21.4 Å². The van der Waals surface area contributed by atoms with Crippen LogP contribution >= 0.6 is 24.8 Å². The van der Waals surface area contributed by atoms with E-state index < -0.39 is 0 Å². The van der Waals surface area contributed by atoms with E-state index in [4.69, 9.17) is 5.73 Å². The summed E-state index contributed by atoms with van der Waals surface area (Å²) in [5, 5.41) is 0. The number of thiocarbonyl (C=S) groups is 1. The topological polar surface area (TPSA) is 26.0 Å². The van der Waals surface area contributed by atoms with E-state index in [1.807, 2.05) is 60.7 Å². The zero-order valence-corrected chi connectivity index (χ0v) is 13.1. The Balaban J connectivity index is 0. The van der Waals surface area contributed by atoms with Crippen molar-refractivity contribution < 1.29 is 17.1 Å². The van der Waals surface area contributed by atoms with Crippen molar-refractivity contribution in [2.45, 2.75) is 0 Å². The van der Waals surface area contributed by atoms with Gasteiger partial charge in [-0.25, -0.2) is 0 Å². The summed E-state index contributed by atoms with van der Waals surface area (Å²) in [5.74, 6) is 0. The van der Waals surface area contributed by atoms with Crippen LogP contribution in [-0.4, -0.2) is 4.32 Å². The van der Waals surface area contributed by atoms with Crippen LogP contribution in [0.3, 0.4) is 0 Å². The van der Waals surface area contributed by atoms with E-state index in [1.54, 1.807) is 0 Å². The Bertz CT molecular complexity index is 391. The van der Waals surface area contributed by atoms with Crippen LogP contribution in [0.1, 0.15) is 11.1 Å². The molecule has 19 heavy (non-hydrogen) atoms. The molecule has 2 N–H and O–H groups in total. The fraction of sp³-hybridized carbons (Fsp3) is 0. The minimum Gasteiger partial charge on any atom is -0.385 e. The molecule has 0 aliphatic rings. The molecule has 0 aromatic heterocycles. The van der Waals surface area contributed by atoms with Gasteiger partial charge < -0.3 is 5.73 Å². The maximum absolute atomic E-state index is 4.71. The number of hydrogen-bond acceptors (Lipinski definition) is 1. The Morgan fingerprint density at radius 2 is 1.05 bits per heavy atom. The van der Waals surface area contributed by atoms with E-state index in [9.17, 15) is 0 Å². The van der Waals surface area contributed by atoms with Crippen molar-refractivity contribution in [3.05, 3.63) is 85.6 Å². The first-order chi connectivity index (χ1) is 8.52. The summed E-state index contributed by atoms with van der Waals surface area (Å²) >= 11 is 7.65. The predicted molar refractivity (Wildman–Crippen MR) is 87.6 cm³/mol. The average Bonchev–Trinajstić information content (AvgIpc) is 2.31. The van der Waals surface area contributed by atoms with Crippen LogP contribution in [0.2, 0.25) is 0 Å². The van der Waals surface area contributed by atoms with Crippen molar-refractivity contribution in [2.24, 2.45) is 5.73 Å². The normalized spacial score (nSPS) is 7.63. The van der Waals surface area contributed by atoms with Crippen LogP contribution in [0.4, 0.5) is 0 Å². The van der Waals surface area contributed by atoms with Crippen molar-refractivity contribution in [1.82, 2.24) is 0 Å². The third kappa shape index (κ3) is 16.9. The largest absolute Gasteiger partial charge is 2.00 e. The van der Waals surface area contributed by atoms with E-state index in [0.29, 0.717) is 0 Å². The SMILES string of the molecule is NC(=S)S.[CH2-]c1ccccc1.[CH2-]c1ccccc1.[Cu+2]. The summed E-state index contributed by atoms with van der Waals surface area (Å²) in [4.78, 5) is 0. The average molecular weight is 339 g/mol. The van der Waals surface area contributed by atoms with E-state index in [2.05, 4.69) is 38.7 Å². The van der Waals surface area contributed by atoms with E-state index in [1.165, 1.54) is 0 Å². The third-order valence-electron chi connectivity index (χ3n) is 1.69. The van der Waals surface area contributed by atoms with Gasteiger partial charge in [0.1, 0.15) is 4.32 Å². The number of rotatable bonds is 0. The molecule has 4 heteroatoms. The Kier molecular flexibility index (Phi) is 14.3. The molecule has 105 valence electrons. The van der Waals surface area contributed by atoms with Crippen molar-refractivity contribution in [3.63, 3.8) is 0 Å². The molecule has 2 rings (SSSR count). The minimum atomic E-state index is 0. The van der Waals surface area contributed by atoms with Gasteiger partial charge in [0.2, 0.25) is 0 Å². The summed E-state index contributed by atoms with van der Waals surface area (Å²) in [6, 6.07) is 19.7. The standard InChI is InChI=1S/2C7H7.CH3NS2.Cu/c2*1-7-5-3-2-4-6-7;2-1(3)4;/h2*2-6H,1H2;(H3,2,3,4);/q2*-1;;+2. The molecular weight excluding hydrogens is 322 g/mol. The molecule has 1 nitrogen and oxygen atoms in total.